The van der Waals surface area contributed by atoms with Crippen molar-refractivity contribution >= 4 is 21.9 Å². The number of carbonyl (C=O) groups excluding carboxylic acids is 2. The Hall–Kier alpha value is -1.15. The molecule has 0 aliphatic rings. The van der Waals surface area contributed by atoms with Crippen molar-refractivity contribution in [1.82, 2.24) is 4.31 Å². The third-order valence-corrected chi connectivity index (χ3v) is 4.17. The fraction of sp³-hybridized carbons (Fsp3) is 0.818. The van der Waals surface area contributed by atoms with Crippen molar-refractivity contribution in [3.05, 3.63) is 0 Å². The molecule has 8 heteroatoms. The minimum absolute atomic E-state index is 0.0296. The summed E-state index contributed by atoms with van der Waals surface area (Å²) in [5, 5.41) is 0. The number of rotatable bonds is 9. The van der Waals surface area contributed by atoms with Gasteiger partial charge in [-0.2, -0.15) is 4.31 Å². The molecule has 0 aromatic heterocycles. The number of amides is 1. The molecule has 0 atom stereocenters. The third kappa shape index (κ3) is 7.78. The molecule has 0 spiro atoms. The van der Waals surface area contributed by atoms with Crippen LogP contribution in [0.15, 0.2) is 0 Å². The molecule has 1 amide bonds. The maximum absolute atomic E-state index is 12.0. The van der Waals surface area contributed by atoms with E-state index in [1.807, 2.05) is 13.8 Å². The van der Waals surface area contributed by atoms with Gasteiger partial charge in [0.2, 0.25) is 15.9 Å². The summed E-state index contributed by atoms with van der Waals surface area (Å²) in [5.74, 6) is -1.28. The van der Waals surface area contributed by atoms with Gasteiger partial charge in [-0.25, -0.2) is 8.42 Å². The lowest BCUT2D eigenvalue weighted by molar-refractivity contribution is -0.140. The third-order valence-electron chi connectivity index (χ3n) is 2.31. The van der Waals surface area contributed by atoms with Gasteiger partial charge in [-0.05, 0) is 12.3 Å². The molecule has 0 aliphatic carbocycles. The van der Waals surface area contributed by atoms with Crippen LogP contribution in [-0.2, 0) is 24.3 Å². The summed E-state index contributed by atoms with van der Waals surface area (Å²) in [7, 11) is -2.35. The van der Waals surface area contributed by atoms with E-state index in [1.165, 1.54) is 7.11 Å². The molecule has 0 saturated carbocycles. The molecule has 19 heavy (non-hydrogen) atoms. The van der Waals surface area contributed by atoms with E-state index in [0.29, 0.717) is 0 Å². The highest BCUT2D eigenvalue weighted by Crippen LogP contribution is 2.08. The van der Waals surface area contributed by atoms with Gasteiger partial charge in [-0.3, -0.25) is 9.59 Å². The Kier molecular flexibility index (Phi) is 7.62. The molecule has 112 valence electrons. The first-order valence-electron chi connectivity index (χ1n) is 6.02. The van der Waals surface area contributed by atoms with E-state index in [0.717, 1.165) is 4.31 Å². The van der Waals surface area contributed by atoms with E-state index in [4.69, 9.17) is 5.73 Å². The molecule has 0 heterocycles. The molecule has 7 nitrogen and oxygen atoms in total. The molecule has 0 saturated heterocycles. The summed E-state index contributed by atoms with van der Waals surface area (Å²) in [6.45, 7) is 3.58. The first-order valence-corrected chi connectivity index (χ1v) is 7.63. The highest BCUT2D eigenvalue weighted by Gasteiger charge is 2.24. The van der Waals surface area contributed by atoms with Gasteiger partial charge < -0.3 is 10.5 Å². The van der Waals surface area contributed by atoms with Crippen LogP contribution in [-0.4, -0.2) is 50.6 Å². The van der Waals surface area contributed by atoms with Crippen LogP contribution in [0.3, 0.4) is 0 Å². The van der Waals surface area contributed by atoms with Gasteiger partial charge in [0.05, 0.1) is 19.4 Å². The van der Waals surface area contributed by atoms with Gasteiger partial charge in [-0.1, -0.05) is 13.8 Å². The lowest BCUT2D eigenvalue weighted by Crippen LogP contribution is -2.41. The van der Waals surface area contributed by atoms with Crippen LogP contribution in [0.4, 0.5) is 0 Å². The summed E-state index contributed by atoms with van der Waals surface area (Å²) in [5.41, 5.74) is 5.05. The van der Waals surface area contributed by atoms with E-state index >= 15 is 0 Å². The number of nitrogens with two attached hydrogens (primary N) is 1. The topological polar surface area (TPSA) is 107 Å². The van der Waals surface area contributed by atoms with Crippen molar-refractivity contribution in [2.45, 2.75) is 26.7 Å². The molecular formula is C11H22N2O5S. The van der Waals surface area contributed by atoms with Crippen LogP contribution in [0.2, 0.25) is 0 Å². The van der Waals surface area contributed by atoms with Crippen molar-refractivity contribution in [2.75, 3.05) is 26.0 Å². The number of methoxy groups -OCH3 is 1. The number of ether oxygens (including phenoxy) is 1. The van der Waals surface area contributed by atoms with Crippen LogP contribution in [0.25, 0.3) is 0 Å². The Morgan fingerprint density at radius 2 is 1.89 bits per heavy atom. The summed E-state index contributed by atoms with van der Waals surface area (Å²) < 4.78 is 29.6. The van der Waals surface area contributed by atoms with Crippen LogP contribution in [0.1, 0.15) is 26.7 Å². The van der Waals surface area contributed by atoms with Gasteiger partial charge in [0.25, 0.3) is 0 Å². The standard InChI is InChI=1S/C11H22N2O5S/c1-9(2)7-13(8-10(12)14)19(16,17)6-4-5-11(15)18-3/h9H,4-8H2,1-3H3,(H2,12,14). The number of primary amides is 1. The highest BCUT2D eigenvalue weighted by atomic mass is 32.2. The van der Waals surface area contributed by atoms with E-state index in [9.17, 15) is 18.0 Å². The predicted molar refractivity (Wildman–Crippen MR) is 70.6 cm³/mol. The summed E-state index contributed by atoms with van der Waals surface area (Å²) >= 11 is 0. The fourth-order valence-corrected chi connectivity index (χ4v) is 3.10. The van der Waals surface area contributed by atoms with Crippen LogP contribution in [0, 0.1) is 5.92 Å². The number of esters is 1. The SMILES string of the molecule is COC(=O)CCCS(=O)(=O)N(CC(N)=O)CC(C)C. The zero-order valence-corrected chi connectivity index (χ0v) is 12.4. The summed E-state index contributed by atoms with van der Waals surface area (Å²) in [6.07, 6.45) is 0.185. The van der Waals surface area contributed by atoms with E-state index < -0.39 is 21.9 Å². The second-order valence-electron chi connectivity index (χ2n) is 4.65. The highest BCUT2D eigenvalue weighted by molar-refractivity contribution is 7.89. The lowest BCUT2D eigenvalue weighted by Gasteiger charge is -2.22. The van der Waals surface area contributed by atoms with Gasteiger partial charge >= 0.3 is 5.97 Å². The largest absolute Gasteiger partial charge is 0.469 e. The van der Waals surface area contributed by atoms with Gasteiger partial charge in [-0.15, -0.1) is 0 Å². The number of carbonyl (C=O) groups is 2. The smallest absolute Gasteiger partial charge is 0.305 e. The van der Waals surface area contributed by atoms with E-state index in [1.54, 1.807) is 0 Å². The lowest BCUT2D eigenvalue weighted by atomic mass is 10.2. The fourth-order valence-electron chi connectivity index (χ4n) is 1.49. The second kappa shape index (κ2) is 8.11. The minimum Gasteiger partial charge on any atom is -0.469 e. The van der Waals surface area contributed by atoms with Gasteiger partial charge in [0.15, 0.2) is 0 Å². The molecular weight excluding hydrogens is 272 g/mol. The molecule has 0 bridgehead atoms. The summed E-state index contributed by atoms with van der Waals surface area (Å²) in [4.78, 5) is 21.8. The normalized spacial score (nSPS) is 11.8. The van der Waals surface area contributed by atoms with Crippen molar-refractivity contribution in [3.8, 4) is 0 Å². The zero-order chi connectivity index (χ0) is 15.1. The zero-order valence-electron chi connectivity index (χ0n) is 11.6. The maximum atomic E-state index is 12.0. The van der Waals surface area contributed by atoms with E-state index in [-0.39, 0.29) is 37.6 Å². The van der Waals surface area contributed by atoms with Crippen LogP contribution < -0.4 is 5.73 Å². The van der Waals surface area contributed by atoms with Crippen LogP contribution in [0.5, 0.6) is 0 Å². The Bertz CT molecular complexity index is 405. The molecule has 0 aromatic rings. The van der Waals surface area contributed by atoms with Gasteiger partial charge in [0.1, 0.15) is 0 Å². The average Bonchev–Trinajstić information content (AvgIpc) is 2.26. The maximum Gasteiger partial charge on any atom is 0.305 e. The Morgan fingerprint density at radius 1 is 1.32 bits per heavy atom. The first-order chi connectivity index (χ1) is 8.69. The van der Waals surface area contributed by atoms with Crippen molar-refractivity contribution in [3.63, 3.8) is 0 Å². The average molecular weight is 294 g/mol. The molecule has 0 radical (unpaired) electrons. The number of nitrogens with zero attached hydrogens (tertiary/aromatic N) is 1. The van der Waals surface area contributed by atoms with Crippen molar-refractivity contribution in [2.24, 2.45) is 11.7 Å². The Morgan fingerprint density at radius 3 is 2.32 bits per heavy atom. The minimum atomic E-state index is -3.59. The second-order valence-corrected chi connectivity index (χ2v) is 6.74. The molecule has 0 aromatic carbocycles. The first kappa shape index (κ1) is 17.8. The number of hydrogen-bond donors (Lipinski definition) is 1. The predicted octanol–water partition coefficient (Wildman–Crippen LogP) is -0.287. The number of sulfonamides is 1. The van der Waals surface area contributed by atoms with Crippen LogP contribution >= 0.6 is 0 Å². The van der Waals surface area contributed by atoms with Crippen molar-refractivity contribution in [1.29, 1.82) is 0 Å². The molecule has 0 aliphatic heterocycles. The Balaban J connectivity index is 4.59. The Labute approximate surface area is 114 Å². The molecule has 0 unspecified atom stereocenters. The molecule has 0 fully saturated rings. The monoisotopic (exact) mass is 294 g/mol. The molecule has 0 rings (SSSR count). The van der Waals surface area contributed by atoms with E-state index in [2.05, 4.69) is 4.74 Å². The summed E-state index contributed by atoms with van der Waals surface area (Å²) in [6, 6.07) is 0. The quantitative estimate of drug-likeness (QED) is 0.588. The van der Waals surface area contributed by atoms with Gasteiger partial charge in [0, 0.05) is 13.0 Å². The van der Waals surface area contributed by atoms with Crippen molar-refractivity contribution < 1.29 is 22.7 Å². The number of hydrogen-bond acceptors (Lipinski definition) is 5. The molecule has 2 N–H and O–H groups in total.